The standard InChI is InChI=1S/C15H28N2O3/c1-15(2,3)20-14(18)16-6-5-11-7-12-9-19-10-13(8-11)17(12)4/h11-13H,5-10H2,1-4H3,(H,16,18). The normalized spacial score (nSPS) is 30.9. The second-order valence-corrected chi connectivity index (χ2v) is 7.07. The van der Waals surface area contributed by atoms with Gasteiger partial charge in [-0.2, -0.15) is 0 Å². The third-order valence-corrected chi connectivity index (χ3v) is 4.20. The Bertz CT molecular complexity index is 327. The van der Waals surface area contributed by atoms with Crippen molar-refractivity contribution >= 4 is 6.09 Å². The van der Waals surface area contributed by atoms with Crippen LogP contribution in [0.4, 0.5) is 4.79 Å². The van der Waals surface area contributed by atoms with E-state index < -0.39 is 5.60 Å². The van der Waals surface area contributed by atoms with Gasteiger partial charge in [-0.15, -0.1) is 0 Å². The van der Waals surface area contributed by atoms with Gasteiger partial charge in [-0.25, -0.2) is 4.79 Å². The predicted octanol–water partition coefficient (Wildman–Crippen LogP) is 2.01. The Balaban J connectivity index is 1.69. The number of fused-ring (bicyclic) bond motifs is 2. The van der Waals surface area contributed by atoms with Gasteiger partial charge in [-0.05, 0) is 53.0 Å². The molecule has 2 heterocycles. The molecule has 2 bridgehead atoms. The molecule has 2 atom stereocenters. The van der Waals surface area contributed by atoms with Crippen molar-refractivity contribution < 1.29 is 14.3 Å². The van der Waals surface area contributed by atoms with Crippen LogP contribution < -0.4 is 5.32 Å². The Labute approximate surface area is 122 Å². The number of ether oxygens (including phenoxy) is 2. The van der Waals surface area contributed by atoms with E-state index in [1.807, 2.05) is 20.8 Å². The SMILES string of the molecule is CN1C2COCC1CC(CCNC(=O)OC(C)(C)C)C2. The molecular weight excluding hydrogens is 256 g/mol. The molecule has 0 radical (unpaired) electrons. The van der Waals surface area contributed by atoms with Crippen LogP contribution in [-0.4, -0.2) is 55.5 Å². The van der Waals surface area contributed by atoms with Crippen molar-refractivity contribution in [3.8, 4) is 0 Å². The topological polar surface area (TPSA) is 50.8 Å². The van der Waals surface area contributed by atoms with Crippen molar-refractivity contribution in [1.82, 2.24) is 10.2 Å². The first-order chi connectivity index (χ1) is 9.35. The fourth-order valence-electron chi connectivity index (χ4n) is 3.14. The van der Waals surface area contributed by atoms with Crippen molar-refractivity contribution in [3.63, 3.8) is 0 Å². The molecule has 0 saturated carbocycles. The maximum atomic E-state index is 11.6. The van der Waals surface area contributed by atoms with E-state index in [0.717, 1.165) is 19.6 Å². The molecule has 0 aromatic carbocycles. The molecule has 2 aliphatic rings. The molecule has 1 N–H and O–H groups in total. The number of carbonyl (C=O) groups excluding carboxylic acids is 1. The van der Waals surface area contributed by atoms with Gasteiger partial charge >= 0.3 is 6.09 Å². The molecule has 0 aromatic rings. The van der Waals surface area contributed by atoms with Gasteiger partial charge in [0.25, 0.3) is 0 Å². The first kappa shape index (κ1) is 15.6. The molecule has 2 fully saturated rings. The van der Waals surface area contributed by atoms with Crippen molar-refractivity contribution in [2.24, 2.45) is 5.92 Å². The van der Waals surface area contributed by atoms with Crippen LogP contribution in [0.5, 0.6) is 0 Å². The summed E-state index contributed by atoms with van der Waals surface area (Å²) in [6.07, 6.45) is 3.06. The van der Waals surface area contributed by atoms with E-state index >= 15 is 0 Å². The van der Waals surface area contributed by atoms with Gasteiger partial charge in [-0.3, -0.25) is 4.90 Å². The molecule has 2 unspecified atom stereocenters. The molecule has 5 nitrogen and oxygen atoms in total. The summed E-state index contributed by atoms with van der Waals surface area (Å²) in [5, 5.41) is 2.86. The van der Waals surface area contributed by atoms with Crippen LogP contribution in [0.25, 0.3) is 0 Å². The highest BCUT2D eigenvalue weighted by molar-refractivity contribution is 5.67. The predicted molar refractivity (Wildman–Crippen MR) is 77.7 cm³/mol. The number of hydrogen-bond donors (Lipinski definition) is 1. The van der Waals surface area contributed by atoms with Crippen LogP contribution >= 0.6 is 0 Å². The van der Waals surface area contributed by atoms with Gasteiger partial charge in [0.15, 0.2) is 0 Å². The van der Waals surface area contributed by atoms with Crippen LogP contribution in [0.3, 0.4) is 0 Å². The van der Waals surface area contributed by atoms with Gasteiger partial charge in [0.05, 0.1) is 13.2 Å². The molecule has 116 valence electrons. The summed E-state index contributed by atoms with van der Waals surface area (Å²) in [4.78, 5) is 14.0. The van der Waals surface area contributed by atoms with E-state index in [9.17, 15) is 4.79 Å². The summed E-state index contributed by atoms with van der Waals surface area (Å²) in [5.74, 6) is 0.681. The smallest absolute Gasteiger partial charge is 0.407 e. The monoisotopic (exact) mass is 284 g/mol. The first-order valence-corrected chi connectivity index (χ1v) is 7.61. The number of likely N-dealkylation sites (N-methyl/N-ethyl adjacent to an activating group) is 1. The Morgan fingerprint density at radius 1 is 1.30 bits per heavy atom. The molecule has 20 heavy (non-hydrogen) atoms. The molecule has 2 aliphatic heterocycles. The van der Waals surface area contributed by atoms with Gasteiger partial charge in [0, 0.05) is 18.6 Å². The van der Waals surface area contributed by atoms with Gasteiger partial charge in [0.2, 0.25) is 0 Å². The van der Waals surface area contributed by atoms with Crippen LogP contribution in [0.15, 0.2) is 0 Å². The van der Waals surface area contributed by atoms with Crippen molar-refractivity contribution in [3.05, 3.63) is 0 Å². The van der Waals surface area contributed by atoms with E-state index in [-0.39, 0.29) is 6.09 Å². The average molecular weight is 284 g/mol. The number of amides is 1. The molecule has 0 aliphatic carbocycles. The van der Waals surface area contributed by atoms with Gasteiger partial charge in [-0.1, -0.05) is 0 Å². The second-order valence-electron chi connectivity index (χ2n) is 7.07. The van der Waals surface area contributed by atoms with Crippen LogP contribution in [0.1, 0.15) is 40.0 Å². The quantitative estimate of drug-likeness (QED) is 0.861. The maximum absolute atomic E-state index is 11.6. The summed E-state index contributed by atoms with van der Waals surface area (Å²) in [6.45, 7) is 8.04. The number of rotatable bonds is 3. The highest BCUT2D eigenvalue weighted by Crippen LogP contribution is 2.31. The minimum atomic E-state index is -0.425. The van der Waals surface area contributed by atoms with Gasteiger partial charge in [0.1, 0.15) is 5.60 Å². The lowest BCUT2D eigenvalue weighted by atomic mass is 9.83. The minimum Gasteiger partial charge on any atom is -0.444 e. The highest BCUT2D eigenvalue weighted by Gasteiger charge is 2.36. The average Bonchev–Trinajstić information content (AvgIpc) is 2.27. The number of nitrogens with one attached hydrogen (secondary N) is 1. The molecule has 2 saturated heterocycles. The molecule has 0 aromatic heterocycles. The number of nitrogens with zero attached hydrogens (tertiary/aromatic N) is 1. The Kier molecular flexibility index (Phi) is 4.91. The van der Waals surface area contributed by atoms with Crippen molar-refractivity contribution in [2.45, 2.75) is 57.7 Å². The van der Waals surface area contributed by atoms with Crippen LogP contribution in [0, 0.1) is 5.92 Å². The highest BCUT2D eigenvalue weighted by atomic mass is 16.6. The third-order valence-electron chi connectivity index (χ3n) is 4.20. The Morgan fingerprint density at radius 2 is 1.90 bits per heavy atom. The van der Waals surface area contributed by atoms with Crippen LogP contribution in [0.2, 0.25) is 0 Å². The van der Waals surface area contributed by atoms with E-state index in [4.69, 9.17) is 9.47 Å². The fourth-order valence-corrected chi connectivity index (χ4v) is 3.14. The zero-order valence-corrected chi connectivity index (χ0v) is 13.1. The Hall–Kier alpha value is -0.810. The molecular formula is C15H28N2O3. The summed E-state index contributed by atoms with van der Waals surface area (Å²) < 4.78 is 10.9. The van der Waals surface area contributed by atoms with E-state index in [1.54, 1.807) is 0 Å². The fraction of sp³-hybridized carbons (Fsp3) is 0.933. The molecule has 0 spiro atoms. The molecule has 5 heteroatoms. The number of carbonyl (C=O) groups is 1. The first-order valence-electron chi connectivity index (χ1n) is 7.61. The number of hydrogen-bond acceptors (Lipinski definition) is 4. The lowest BCUT2D eigenvalue weighted by molar-refractivity contribution is -0.0755. The lowest BCUT2D eigenvalue weighted by Gasteiger charge is -2.46. The minimum absolute atomic E-state index is 0.311. The number of piperidine rings is 1. The largest absolute Gasteiger partial charge is 0.444 e. The van der Waals surface area contributed by atoms with Crippen molar-refractivity contribution in [1.29, 1.82) is 0 Å². The summed E-state index contributed by atoms with van der Waals surface area (Å²) in [6, 6.07) is 1.10. The van der Waals surface area contributed by atoms with E-state index in [1.165, 1.54) is 12.8 Å². The Morgan fingerprint density at radius 3 is 2.45 bits per heavy atom. The van der Waals surface area contributed by atoms with Crippen molar-refractivity contribution in [2.75, 3.05) is 26.8 Å². The lowest BCUT2D eigenvalue weighted by Crippen LogP contribution is -2.55. The summed E-state index contributed by atoms with van der Waals surface area (Å²) >= 11 is 0. The molecule has 2 rings (SSSR count). The van der Waals surface area contributed by atoms with E-state index in [2.05, 4.69) is 17.3 Å². The second kappa shape index (κ2) is 6.31. The molecule has 1 amide bonds. The van der Waals surface area contributed by atoms with Gasteiger partial charge < -0.3 is 14.8 Å². The summed E-state index contributed by atoms with van der Waals surface area (Å²) in [7, 11) is 2.20. The number of morpholine rings is 1. The number of alkyl carbamates (subject to hydrolysis) is 1. The van der Waals surface area contributed by atoms with E-state index in [0.29, 0.717) is 24.5 Å². The zero-order valence-electron chi connectivity index (χ0n) is 13.1. The maximum Gasteiger partial charge on any atom is 0.407 e. The van der Waals surface area contributed by atoms with Crippen LogP contribution in [-0.2, 0) is 9.47 Å². The summed E-state index contributed by atoms with van der Waals surface area (Å²) in [5.41, 5.74) is -0.425. The third kappa shape index (κ3) is 4.35. The zero-order chi connectivity index (χ0) is 14.8.